The van der Waals surface area contributed by atoms with E-state index >= 15 is 0 Å². The second kappa shape index (κ2) is 3.23. The Kier molecular flexibility index (Phi) is 2.34. The Hall–Kier alpha value is -0.120. The van der Waals surface area contributed by atoms with Crippen LogP contribution in [-0.2, 0) is 0 Å². The van der Waals surface area contributed by atoms with Gasteiger partial charge in [0.25, 0.3) is 0 Å². The number of hydrogen-bond acceptors (Lipinski definition) is 2. The molecular weight excluding hydrogens is 275 g/mol. The first-order chi connectivity index (χ1) is 6.07. The molecule has 1 aromatic rings. The molecule has 0 N–H and O–H groups in total. The Bertz CT molecular complexity index is 456. The van der Waals surface area contributed by atoms with Gasteiger partial charge in [-0.15, -0.1) is 0 Å². The Labute approximate surface area is 93.4 Å². The van der Waals surface area contributed by atoms with Crippen LogP contribution in [0.4, 0.5) is 0 Å². The molecule has 1 heterocycles. The van der Waals surface area contributed by atoms with Crippen LogP contribution in [0.5, 0.6) is 0 Å². The number of halogens is 3. The van der Waals surface area contributed by atoms with E-state index in [9.17, 15) is 0 Å². The molecule has 0 fully saturated rings. The smallest absolute Gasteiger partial charge is 0.227 e. The Morgan fingerprint density at radius 2 is 2.08 bits per heavy atom. The maximum absolute atomic E-state index is 5.84. The van der Waals surface area contributed by atoms with Crippen LogP contribution in [-0.4, -0.2) is 11.0 Å². The molecule has 13 heavy (non-hydrogen) atoms. The minimum atomic E-state index is -1.10. The SMILES string of the molecule is ClC1(Cl)CN=c2ccc(Br)cc2=N1. The average molecular weight is 280 g/mol. The molecule has 1 aliphatic heterocycles. The molecule has 0 saturated heterocycles. The lowest BCUT2D eigenvalue weighted by molar-refractivity contribution is 0.749. The number of alkyl halides is 2. The van der Waals surface area contributed by atoms with Crippen molar-refractivity contribution in [1.82, 2.24) is 0 Å². The third kappa shape index (κ3) is 2.03. The summed E-state index contributed by atoms with van der Waals surface area (Å²) in [5, 5.41) is 1.56. The lowest BCUT2D eigenvalue weighted by Gasteiger charge is -2.14. The van der Waals surface area contributed by atoms with Gasteiger partial charge in [0.15, 0.2) is 0 Å². The van der Waals surface area contributed by atoms with Crippen molar-refractivity contribution in [2.24, 2.45) is 9.98 Å². The van der Waals surface area contributed by atoms with E-state index in [1.54, 1.807) is 0 Å². The lowest BCUT2D eigenvalue weighted by Crippen LogP contribution is -2.35. The van der Waals surface area contributed by atoms with Gasteiger partial charge in [-0.1, -0.05) is 39.1 Å². The van der Waals surface area contributed by atoms with Crippen molar-refractivity contribution in [3.05, 3.63) is 33.4 Å². The van der Waals surface area contributed by atoms with Crippen molar-refractivity contribution < 1.29 is 0 Å². The van der Waals surface area contributed by atoms with Crippen LogP contribution in [0.1, 0.15) is 0 Å². The summed E-state index contributed by atoms with van der Waals surface area (Å²) in [6.45, 7) is 0.310. The fraction of sp³-hybridized carbons (Fsp3) is 0.250. The summed E-state index contributed by atoms with van der Waals surface area (Å²) < 4.78 is -0.162. The van der Waals surface area contributed by atoms with Crippen molar-refractivity contribution in [3.63, 3.8) is 0 Å². The molecule has 2 rings (SSSR count). The summed E-state index contributed by atoms with van der Waals surface area (Å²) in [4.78, 5) is 8.35. The molecule has 2 nitrogen and oxygen atoms in total. The summed E-state index contributed by atoms with van der Waals surface area (Å²) in [5.74, 6) is 0. The van der Waals surface area contributed by atoms with Gasteiger partial charge in [0, 0.05) is 4.47 Å². The van der Waals surface area contributed by atoms with E-state index in [0.29, 0.717) is 6.54 Å². The molecule has 1 aromatic carbocycles. The fourth-order valence-corrected chi connectivity index (χ4v) is 1.76. The van der Waals surface area contributed by atoms with Crippen molar-refractivity contribution in [3.8, 4) is 0 Å². The highest BCUT2D eigenvalue weighted by atomic mass is 79.9. The first kappa shape index (κ1) is 9.44. The first-order valence-corrected chi connectivity index (χ1v) is 5.19. The minimum absolute atomic E-state index is 0.310. The van der Waals surface area contributed by atoms with Gasteiger partial charge in [0.05, 0.1) is 17.3 Å². The third-order valence-corrected chi connectivity index (χ3v) is 2.56. The lowest BCUT2D eigenvalue weighted by atomic mass is 10.3. The van der Waals surface area contributed by atoms with Crippen LogP contribution in [0.25, 0.3) is 0 Å². The van der Waals surface area contributed by atoms with Crippen LogP contribution in [0.2, 0.25) is 0 Å². The molecule has 0 bridgehead atoms. The van der Waals surface area contributed by atoms with Crippen molar-refractivity contribution >= 4 is 39.1 Å². The minimum Gasteiger partial charge on any atom is -0.278 e. The fourth-order valence-electron chi connectivity index (χ4n) is 1.11. The molecule has 0 unspecified atom stereocenters. The van der Waals surface area contributed by atoms with Crippen molar-refractivity contribution in [2.45, 2.75) is 4.46 Å². The van der Waals surface area contributed by atoms with E-state index in [1.807, 2.05) is 18.2 Å². The maximum Gasteiger partial charge on any atom is 0.227 e. The van der Waals surface area contributed by atoms with Gasteiger partial charge < -0.3 is 0 Å². The molecule has 5 heteroatoms. The highest BCUT2D eigenvalue weighted by Gasteiger charge is 2.23. The Balaban J connectivity index is 2.72. The van der Waals surface area contributed by atoms with E-state index in [1.165, 1.54) is 0 Å². The number of hydrogen-bond donors (Lipinski definition) is 0. The van der Waals surface area contributed by atoms with Gasteiger partial charge in [-0.05, 0) is 18.2 Å². The van der Waals surface area contributed by atoms with Gasteiger partial charge in [-0.3, -0.25) is 4.99 Å². The van der Waals surface area contributed by atoms with E-state index in [2.05, 4.69) is 25.9 Å². The van der Waals surface area contributed by atoms with Crippen molar-refractivity contribution in [1.29, 1.82) is 0 Å². The first-order valence-electron chi connectivity index (χ1n) is 3.65. The predicted molar refractivity (Wildman–Crippen MR) is 55.8 cm³/mol. The normalized spacial score (nSPS) is 18.4. The number of benzene rings is 1. The standard InChI is InChI=1S/C8H5BrCl2N2/c9-5-1-2-6-7(3-5)13-8(10,11)4-12-6/h1-3H,4H2. The quantitative estimate of drug-likeness (QED) is 0.511. The van der Waals surface area contributed by atoms with E-state index in [0.717, 1.165) is 15.2 Å². The predicted octanol–water partition coefficient (Wildman–Crippen LogP) is 1.83. The van der Waals surface area contributed by atoms with Crippen LogP contribution in [0, 0.1) is 0 Å². The van der Waals surface area contributed by atoms with Crippen LogP contribution < -0.4 is 10.7 Å². The van der Waals surface area contributed by atoms with E-state index in [4.69, 9.17) is 23.2 Å². The summed E-state index contributed by atoms with van der Waals surface area (Å²) in [5.41, 5.74) is 0. The second-order valence-electron chi connectivity index (χ2n) is 2.73. The van der Waals surface area contributed by atoms with Crippen molar-refractivity contribution in [2.75, 3.05) is 6.54 Å². The number of rotatable bonds is 0. The van der Waals surface area contributed by atoms with Crippen LogP contribution in [0.15, 0.2) is 32.7 Å². The van der Waals surface area contributed by atoms with E-state index in [-0.39, 0.29) is 0 Å². The topological polar surface area (TPSA) is 24.7 Å². The zero-order chi connectivity index (χ0) is 9.47. The summed E-state index contributed by atoms with van der Waals surface area (Å²) in [7, 11) is 0. The zero-order valence-corrected chi connectivity index (χ0v) is 9.57. The third-order valence-electron chi connectivity index (χ3n) is 1.66. The molecule has 0 radical (unpaired) electrons. The summed E-state index contributed by atoms with van der Waals surface area (Å²) in [6.07, 6.45) is 0. The zero-order valence-electron chi connectivity index (χ0n) is 6.47. The number of nitrogens with zero attached hydrogens (tertiary/aromatic N) is 2. The Morgan fingerprint density at radius 3 is 2.85 bits per heavy atom. The molecule has 1 aliphatic rings. The monoisotopic (exact) mass is 278 g/mol. The van der Waals surface area contributed by atoms with Crippen LogP contribution >= 0.6 is 39.1 Å². The summed E-state index contributed by atoms with van der Waals surface area (Å²) >= 11 is 15.0. The van der Waals surface area contributed by atoms with Gasteiger partial charge >= 0.3 is 0 Å². The largest absolute Gasteiger partial charge is 0.278 e. The van der Waals surface area contributed by atoms with Gasteiger partial charge in [0.1, 0.15) is 0 Å². The van der Waals surface area contributed by atoms with Gasteiger partial charge in [-0.25, -0.2) is 4.99 Å². The number of fused-ring (bicyclic) bond motifs is 1. The van der Waals surface area contributed by atoms with Crippen LogP contribution in [0.3, 0.4) is 0 Å². The van der Waals surface area contributed by atoms with E-state index < -0.39 is 4.46 Å². The molecule has 0 aliphatic carbocycles. The summed E-state index contributed by atoms with van der Waals surface area (Å²) in [6, 6.07) is 5.64. The average Bonchev–Trinajstić information content (AvgIpc) is 2.01. The molecule has 0 spiro atoms. The Morgan fingerprint density at radius 1 is 1.31 bits per heavy atom. The molecule has 0 amide bonds. The molecule has 0 saturated carbocycles. The molecule has 0 atom stereocenters. The van der Waals surface area contributed by atoms with Gasteiger partial charge in [0.2, 0.25) is 4.46 Å². The maximum atomic E-state index is 5.84. The molecule has 68 valence electrons. The van der Waals surface area contributed by atoms with Gasteiger partial charge in [-0.2, -0.15) is 0 Å². The molecular formula is C8H5BrCl2N2. The second-order valence-corrected chi connectivity index (χ2v) is 5.09. The highest BCUT2D eigenvalue weighted by Crippen LogP contribution is 2.22. The highest BCUT2D eigenvalue weighted by molar-refractivity contribution is 9.10. The molecule has 0 aromatic heterocycles.